The second kappa shape index (κ2) is 7.85. The number of likely N-dealkylation sites (tertiary alicyclic amines) is 1. The fourth-order valence-electron chi connectivity index (χ4n) is 3.97. The van der Waals surface area contributed by atoms with Crippen molar-refractivity contribution in [3.63, 3.8) is 0 Å². The van der Waals surface area contributed by atoms with Gasteiger partial charge in [0.2, 0.25) is 5.91 Å². The van der Waals surface area contributed by atoms with E-state index in [4.69, 9.17) is 27.9 Å². The molecule has 4 nitrogen and oxygen atoms in total. The van der Waals surface area contributed by atoms with Crippen molar-refractivity contribution >= 4 is 41.0 Å². The lowest BCUT2D eigenvalue weighted by Crippen LogP contribution is -2.52. The molecule has 0 N–H and O–H groups in total. The number of Topliss-reactive ketones (excluding diaryl/α,β-unsaturated/α-hetero) is 1. The molecule has 2 aromatic rings. The maximum atomic E-state index is 12.7. The summed E-state index contributed by atoms with van der Waals surface area (Å²) in [4.78, 5) is 27.1. The first kappa shape index (κ1) is 20.0. The van der Waals surface area contributed by atoms with Crippen LogP contribution in [-0.4, -0.2) is 35.3 Å². The van der Waals surface area contributed by atoms with E-state index in [0.717, 1.165) is 11.1 Å². The van der Waals surface area contributed by atoms with Gasteiger partial charge in [0.05, 0.1) is 12.0 Å². The molecule has 2 aromatic carbocycles. The number of hydrogen-bond acceptors (Lipinski definition) is 3. The maximum absolute atomic E-state index is 12.7. The molecule has 1 fully saturated rings. The minimum Gasteiger partial charge on any atom is -0.486 e. The SMILES string of the molecule is Cc1cc(Cl)cc2c1OC1(CCN(C(=O)/C=C/c3ccc(Cl)cc3)CC1)CC2=O. The third kappa shape index (κ3) is 4.19. The molecule has 0 atom stereocenters. The van der Waals surface area contributed by atoms with E-state index in [9.17, 15) is 9.59 Å². The number of ether oxygens (including phenoxy) is 1. The average Bonchev–Trinajstić information content (AvgIpc) is 2.69. The number of hydrogen-bond donors (Lipinski definition) is 0. The minimum atomic E-state index is -0.542. The molecule has 1 amide bonds. The van der Waals surface area contributed by atoms with Crippen LogP contribution in [0.25, 0.3) is 6.08 Å². The summed E-state index contributed by atoms with van der Waals surface area (Å²) < 4.78 is 6.34. The van der Waals surface area contributed by atoms with Crippen LogP contribution in [0.2, 0.25) is 10.0 Å². The van der Waals surface area contributed by atoms with Crippen molar-refractivity contribution in [3.05, 3.63) is 69.2 Å². The summed E-state index contributed by atoms with van der Waals surface area (Å²) in [6, 6.07) is 10.8. The van der Waals surface area contributed by atoms with Gasteiger partial charge in [-0.1, -0.05) is 35.3 Å². The van der Waals surface area contributed by atoms with Crippen LogP contribution >= 0.6 is 23.2 Å². The summed E-state index contributed by atoms with van der Waals surface area (Å²) in [6.45, 7) is 3.01. The third-order valence-electron chi connectivity index (χ3n) is 5.62. The highest BCUT2D eigenvalue weighted by molar-refractivity contribution is 6.31. The Bertz CT molecular complexity index is 990. The number of carbonyl (C=O) groups excluding carboxylic acids is 2. The Balaban J connectivity index is 1.43. The van der Waals surface area contributed by atoms with Crippen molar-refractivity contribution in [1.82, 2.24) is 4.90 Å². The Hall–Kier alpha value is -2.30. The monoisotopic (exact) mass is 429 g/mol. The lowest BCUT2D eigenvalue weighted by Gasteiger charge is -2.44. The summed E-state index contributed by atoms with van der Waals surface area (Å²) in [5.74, 6) is 0.646. The van der Waals surface area contributed by atoms with Crippen molar-refractivity contribution in [3.8, 4) is 5.75 Å². The van der Waals surface area contributed by atoms with Crippen LogP contribution < -0.4 is 4.74 Å². The summed E-state index contributed by atoms with van der Waals surface area (Å²) >= 11 is 12.0. The second-order valence-electron chi connectivity index (χ2n) is 7.69. The molecule has 6 heteroatoms. The van der Waals surface area contributed by atoms with Gasteiger partial charge in [-0.05, 0) is 48.4 Å². The molecule has 29 heavy (non-hydrogen) atoms. The summed E-state index contributed by atoms with van der Waals surface area (Å²) in [7, 11) is 0. The number of carbonyl (C=O) groups is 2. The maximum Gasteiger partial charge on any atom is 0.246 e. The molecule has 0 aromatic heterocycles. The normalized spacial score (nSPS) is 18.0. The van der Waals surface area contributed by atoms with Crippen molar-refractivity contribution in [1.29, 1.82) is 0 Å². The zero-order valence-electron chi connectivity index (χ0n) is 16.1. The van der Waals surface area contributed by atoms with Gasteiger partial charge in [0.15, 0.2) is 5.78 Å². The number of rotatable bonds is 2. The van der Waals surface area contributed by atoms with Crippen LogP contribution in [0.15, 0.2) is 42.5 Å². The first-order valence-corrected chi connectivity index (χ1v) is 10.4. The molecule has 0 saturated carbocycles. The Morgan fingerprint density at radius 3 is 2.48 bits per heavy atom. The molecule has 0 bridgehead atoms. The van der Waals surface area contributed by atoms with Gasteiger partial charge in [0.25, 0.3) is 0 Å². The lowest BCUT2D eigenvalue weighted by atomic mass is 9.82. The van der Waals surface area contributed by atoms with Crippen LogP contribution in [-0.2, 0) is 4.79 Å². The van der Waals surface area contributed by atoms with Crippen molar-refractivity contribution < 1.29 is 14.3 Å². The van der Waals surface area contributed by atoms with E-state index < -0.39 is 5.60 Å². The predicted octanol–water partition coefficient (Wildman–Crippen LogP) is 5.34. The van der Waals surface area contributed by atoms with Crippen LogP contribution in [0.3, 0.4) is 0 Å². The van der Waals surface area contributed by atoms with Crippen LogP contribution in [0.1, 0.15) is 40.7 Å². The number of ketones is 1. The fourth-order valence-corrected chi connectivity index (χ4v) is 4.37. The average molecular weight is 430 g/mol. The van der Waals surface area contributed by atoms with Gasteiger partial charge in [-0.15, -0.1) is 0 Å². The first-order chi connectivity index (χ1) is 13.8. The number of piperidine rings is 1. The molecule has 0 radical (unpaired) electrons. The molecular weight excluding hydrogens is 409 g/mol. The lowest BCUT2D eigenvalue weighted by molar-refractivity contribution is -0.129. The van der Waals surface area contributed by atoms with Gasteiger partial charge in [-0.3, -0.25) is 9.59 Å². The van der Waals surface area contributed by atoms with Gasteiger partial charge in [0.1, 0.15) is 11.4 Å². The van der Waals surface area contributed by atoms with Gasteiger partial charge in [-0.25, -0.2) is 0 Å². The minimum absolute atomic E-state index is 0.0414. The van der Waals surface area contributed by atoms with Crippen LogP contribution in [0, 0.1) is 6.92 Å². The zero-order chi connectivity index (χ0) is 20.6. The number of halogens is 2. The zero-order valence-corrected chi connectivity index (χ0v) is 17.6. The van der Waals surface area contributed by atoms with Gasteiger partial charge in [0, 0.05) is 42.1 Å². The highest BCUT2D eigenvalue weighted by atomic mass is 35.5. The van der Waals surface area contributed by atoms with Crippen LogP contribution in [0.4, 0.5) is 0 Å². The Morgan fingerprint density at radius 2 is 1.79 bits per heavy atom. The van der Waals surface area contributed by atoms with E-state index >= 15 is 0 Å². The molecule has 2 aliphatic heterocycles. The fraction of sp³-hybridized carbons (Fsp3) is 0.304. The van der Waals surface area contributed by atoms with Crippen molar-refractivity contribution in [2.45, 2.75) is 31.8 Å². The first-order valence-electron chi connectivity index (χ1n) is 9.60. The molecular formula is C23H21Cl2NO3. The topological polar surface area (TPSA) is 46.6 Å². The largest absolute Gasteiger partial charge is 0.486 e. The quantitative estimate of drug-likeness (QED) is 0.605. The van der Waals surface area contributed by atoms with Crippen molar-refractivity contribution in [2.75, 3.05) is 13.1 Å². The Labute approximate surface area is 180 Å². The second-order valence-corrected chi connectivity index (χ2v) is 8.57. The number of amides is 1. The number of benzene rings is 2. The number of aryl methyl sites for hydroxylation is 1. The van der Waals surface area contributed by atoms with Crippen molar-refractivity contribution in [2.24, 2.45) is 0 Å². The molecule has 0 unspecified atom stereocenters. The summed E-state index contributed by atoms with van der Waals surface area (Å²) in [6.07, 6.45) is 4.94. The predicted molar refractivity (Wildman–Crippen MR) is 115 cm³/mol. The molecule has 2 aliphatic rings. The molecule has 150 valence electrons. The van der Waals surface area contributed by atoms with E-state index in [2.05, 4.69) is 0 Å². The van der Waals surface area contributed by atoms with E-state index in [1.807, 2.05) is 25.1 Å². The highest BCUT2D eigenvalue weighted by Crippen LogP contribution is 2.42. The number of fused-ring (bicyclic) bond motifs is 1. The Kier molecular flexibility index (Phi) is 5.41. The van der Waals surface area contributed by atoms with E-state index in [1.54, 1.807) is 35.3 Å². The van der Waals surface area contributed by atoms with E-state index in [1.165, 1.54) is 0 Å². The van der Waals surface area contributed by atoms with Gasteiger partial charge < -0.3 is 9.64 Å². The Morgan fingerprint density at radius 1 is 1.10 bits per heavy atom. The molecule has 1 spiro atoms. The van der Waals surface area contributed by atoms with Gasteiger partial charge >= 0.3 is 0 Å². The van der Waals surface area contributed by atoms with Gasteiger partial charge in [-0.2, -0.15) is 0 Å². The third-order valence-corrected chi connectivity index (χ3v) is 6.09. The van der Waals surface area contributed by atoms with E-state index in [-0.39, 0.29) is 11.7 Å². The summed E-state index contributed by atoms with van der Waals surface area (Å²) in [5.41, 5.74) is 1.80. The number of nitrogens with zero attached hydrogens (tertiary/aromatic N) is 1. The standard InChI is InChI=1S/C23H21Cl2NO3/c1-15-12-18(25)13-19-20(27)14-23(29-22(15)19)8-10-26(11-9-23)21(28)7-4-16-2-5-17(24)6-3-16/h2-7,12-13H,8-11,14H2,1H3/b7-4+. The molecule has 2 heterocycles. The molecule has 0 aliphatic carbocycles. The molecule has 4 rings (SSSR count). The smallest absolute Gasteiger partial charge is 0.246 e. The summed E-state index contributed by atoms with van der Waals surface area (Å²) in [5, 5.41) is 1.21. The highest BCUT2D eigenvalue weighted by Gasteiger charge is 2.44. The molecule has 1 saturated heterocycles. The van der Waals surface area contributed by atoms with E-state index in [0.29, 0.717) is 53.7 Å². The van der Waals surface area contributed by atoms with Crippen LogP contribution in [0.5, 0.6) is 5.75 Å².